The zero-order chi connectivity index (χ0) is 13.0. The van der Waals surface area contributed by atoms with Crippen LogP contribution in [0.1, 0.15) is 24.9 Å². The smallest absolute Gasteiger partial charge is 0.387 e. The fourth-order valence-electron chi connectivity index (χ4n) is 2.15. The van der Waals surface area contributed by atoms with Gasteiger partial charge in [0.1, 0.15) is 5.75 Å². The molecule has 1 aromatic rings. The molecule has 100 valence electrons. The quantitative estimate of drug-likeness (QED) is 0.888. The summed E-state index contributed by atoms with van der Waals surface area (Å²) in [6.45, 7) is -0.795. The third-order valence-electron chi connectivity index (χ3n) is 3.02. The van der Waals surface area contributed by atoms with Crippen molar-refractivity contribution in [3.63, 3.8) is 0 Å². The van der Waals surface area contributed by atoms with E-state index < -0.39 is 6.61 Å². The predicted molar refractivity (Wildman–Crippen MR) is 70.4 cm³/mol. The van der Waals surface area contributed by atoms with Crippen molar-refractivity contribution in [2.24, 2.45) is 0 Å². The maximum Gasteiger partial charge on any atom is 0.387 e. The van der Waals surface area contributed by atoms with E-state index in [1.807, 2.05) is 30.8 Å². The van der Waals surface area contributed by atoms with Gasteiger partial charge >= 0.3 is 6.61 Å². The summed E-state index contributed by atoms with van der Waals surface area (Å²) in [6, 6.07) is 7.45. The van der Waals surface area contributed by atoms with Crippen LogP contribution in [0.2, 0.25) is 0 Å². The Morgan fingerprint density at radius 3 is 2.83 bits per heavy atom. The maximum absolute atomic E-state index is 12.3. The molecule has 2 atom stereocenters. The molecule has 1 aliphatic rings. The summed E-state index contributed by atoms with van der Waals surface area (Å²) in [5.74, 6) is 2.51. The van der Waals surface area contributed by atoms with Gasteiger partial charge < -0.3 is 10.1 Å². The van der Waals surface area contributed by atoms with Gasteiger partial charge in [0, 0.05) is 23.4 Å². The molecular formula is C13H17F2NOS. The summed E-state index contributed by atoms with van der Waals surface area (Å²) in [7, 11) is 0. The van der Waals surface area contributed by atoms with E-state index in [0.717, 1.165) is 17.7 Å². The lowest BCUT2D eigenvalue weighted by molar-refractivity contribution is -0.0506. The molecule has 1 N–H and O–H groups in total. The molecule has 0 spiro atoms. The molecule has 2 unspecified atom stereocenters. The highest BCUT2D eigenvalue weighted by Gasteiger charge is 2.20. The zero-order valence-corrected chi connectivity index (χ0v) is 11.1. The topological polar surface area (TPSA) is 21.3 Å². The summed E-state index contributed by atoms with van der Waals surface area (Å²) in [6.07, 6.45) is 1.13. The Balaban J connectivity index is 2.05. The van der Waals surface area contributed by atoms with Crippen LogP contribution in [0.25, 0.3) is 0 Å². The van der Waals surface area contributed by atoms with E-state index in [1.165, 1.54) is 5.75 Å². The molecule has 0 aromatic heterocycles. The van der Waals surface area contributed by atoms with Gasteiger partial charge in [0.15, 0.2) is 0 Å². The van der Waals surface area contributed by atoms with Crippen molar-refractivity contribution < 1.29 is 13.5 Å². The Bertz CT molecular complexity index is 383. The van der Waals surface area contributed by atoms with Crippen LogP contribution in [0.4, 0.5) is 8.78 Å². The molecule has 0 saturated carbocycles. The van der Waals surface area contributed by atoms with Gasteiger partial charge in [-0.1, -0.05) is 18.2 Å². The van der Waals surface area contributed by atoms with Crippen molar-refractivity contribution in [3.05, 3.63) is 29.8 Å². The number of nitrogens with one attached hydrogen (secondary N) is 1. The summed E-state index contributed by atoms with van der Waals surface area (Å²) in [5, 5.41) is 3.46. The SMILES string of the molecule is CC(NC1CCSC1)c1ccccc1OC(F)F. The molecule has 2 rings (SSSR count). The van der Waals surface area contributed by atoms with Crippen molar-refractivity contribution in [1.29, 1.82) is 0 Å². The first-order chi connectivity index (χ1) is 8.66. The van der Waals surface area contributed by atoms with Gasteiger partial charge in [-0.05, 0) is 25.2 Å². The van der Waals surface area contributed by atoms with E-state index >= 15 is 0 Å². The Labute approximate surface area is 110 Å². The molecule has 0 amide bonds. The fraction of sp³-hybridized carbons (Fsp3) is 0.538. The van der Waals surface area contributed by atoms with Gasteiger partial charge in [-0.15, -0.1) is 0 Å². The normalized spacial score (nSPS) is 21.2. The first kappa shape index (κ1) is 13.6. The van der Waals surface area contributed by atoms with E-state index in [1.54, 1.807) is 12.1 Å². The highest BCUT2D eigenvalue weighted by Crippen LogP contribution is 2.28. The first-order valence-electron chi connectivity index (χ1n) is 6.04. The molecule has 1 aromatic carbocycles. The van der Waals surface area contributed by atoms with E-state index in [0.29, 0.717) is 6.04 Å². The van der Waals surface area contributed by atoms with Gasteiger partial charge in [-0.2, -0.15) is 20.5 Å². The third-order valence-corrected chi connectivity index (χ3v) is 4.18. The Morgan fingerprint density at radius 1 is 1.39 bits per heavy atom. The van der Waals surface area contributed by atoms with E-state index in [-0.39, 0.29) is 11.8 Å². The van der Waals surface area contributed by atoms with Crippen LogP contribution >= 0.6 is 11.8 Å². The largest absolute Gasteiger partial charge is 0.434 e. The second kappa shape index (κ2) is 6.38. The Hall–Kier alpha value is -0.810. The molecular weight excluding hydrogens is 256 g/mol. The number of para-hydroxylation sites is 1. The lowest BCUT2D eigenvalue weighted by Crippen LogP contribution is -2.31. The molecule has 2 nitrogen and oxygen atoms in total. The lowest BCUT2D eigenvalue weighted by atomic mass is 10.1. The van der Waals surface area contributed by atoms with Gasteiger partial charge in [0.25, 0.3) is 0 Å². The summed E-state index contributed by atoms with van der Waals surface area (Å²) >= 11 is 1.92. The standard InChI is InChI=1S/C13H17F2NOS/c1-9(16-10-6-7-18-8-10)11-4-2-3-5-12(11)17-13(14)15/h2-5,9-10,13,16H,6-8H2,1H3. The van der Waals surface area contributed by atoms with E-state index in [9.17, 15) is 8.78 Å². The van der Waals surface area contributed by atoms with Gasteiger partial charge in [-0.25, -0.2) is 0 Å². The Kier molecular flexibility index (Phi) is 4.83. The predicted octanol–water partition coefficient (Wildman–Crippen LogP) is 3.44. The first-order valence-corrected chi connectivity index (χ1v) is 7.20. The number of alkyl halides is 2. The maximum atomic E-state index is 12.3. The summed E-state index contributed by atoms with van der Waals surface area (Å²) in [5.41, 5.74) is 0.787. The monoisotopic (exact) mass is 273 g/mol. The number of halogens is 2. The third kappa shape index (κ3) is 3.59. The average molecular weight is 273 g/mol. The van der Waals surface area contributed by atoms with Gasteiger partial charge in [0.2, 0.25) is 0 Å². The van der Waals surface area contributed by atoms with Crippen LogP contribution in [0.5, 0.6) is 5.75 Å². The van der Waals surface area contributed by atoms with Crippen molar-refractivity contribution >= 4 is 11.8 Å². The minimum absolute atomic E-state index is 0.0173. The van der Waals surface area contributed by atoms with E-state index in [4.69, 9.17) is 0 Å². The molecule has 1 aliphatic heterocycles. The minimum Gasteiger partial charge on any atom is -0.434 e. The number of benzene rings is 1. The minimum atomic E-state index is -2.78. The molecule has 1 heterocycles. The molecule has 1 fully saturated rings. The molecule has 0 radical (unpaired) electrons. The van der Waals surface area contributed by atoms with Crippen LogP contribution in [0.15, 0.2) is 24.3 Å². The molecule has 0 bridgehead atoms. The van der Waals surface area contributed by atoms with Crippen molar-refractivity contribution in [3.8, 4) is 5.75 Å². The zero-order valence-electron chi connectivity index (χ0n) is 10.2. The number of hydrogen-bond acceptors (Lipinski definition) is 3. The number of hydrogen-bond donors (Lipinski definition) is 1. The van der Waals surface area contributed by atoms with Crippen LogP contribution in [-0.4, -0.2) is 24.2 Å². The van der Waals surface area contributed by atoms with Crippen LogP contribution in [-0.2, 0) is 0 Å². The van der Waals surface area contributed by atoms with Crippen molar-refractivity contribution in [1.82, 2.24) is 5.32 Å². The molecule has 18 heavy (non-hydrogen) atoms. The van der Waals surface area contributed by atoms with Gasteiger partial charge in [0.05, 0.1) is 0 Å². The highest BCUT2D eigenvalue weighted by molar-refractivity contribution is 7.99. The van der Waals surface area contributed by atoms with Gasteiger partial charge in [-0.3, -0.25) is 0 Å². The summed E-state index contributed by atoms with van der Waals surface area (Å²) in [4.78, 5) is 0. The summed E-state index contributed by atoms with van der Waals surface area (Å²) < 4.78 is 29.2. The van der Waals surface area contributed by atoms with Crippen LogP contribution < -0.4 is 10.1 Å². The van der Waals surface area contributed by atoms with Crippen LogP contribution in [0.3, 0.4) is 0 Å². The molecule has 5 heteroatoms. The highest BCUT2D eigenvalue weighted by atomic mass is 32.2. The number of ether oxygens (including phenoxy) is 1. The van der Waals surface area contributed by atoms with Crippen molar-refractivity contribution in [2.45, 2.75) is 32.0 Å². The fourth-order valence-corrected chi connectivity index (χ4v) is 3.32. The average Bonchev–Trinajstić information content (AvgIpc) is 2.81. The second-order valence-electron chi connectivity index (χ2n) is 4.37. The van der Waals surface area contributed by atoms with E-state index in [2.05, 4.69) is 10.1 Å². The molecule has 0 aliphatic carbocycles. The second-order valence-corrected chi connectivity index (χ2v) is 5.52. The Morgan fingerprint density at radius 2 is 2.17 bits per heavy atom. The number of rotatable bonds is 5. The molecule has 1 saturated heterocycles. The lowest BCUT2D eigenvalue weighted by Gasteiger charge is -2.21. The number of thioether (sulfide) groups is 1. The van der Waals surface area contributed by atoms with Crippen molar-refractivity contribution in [2.75, 3.05) is 11.5 Å². The van der Waals surface area contributed by atoms with Crippen LogP contribution in [0, 0.1) is 0 Å².